The maximum absolute atomic E-state index is 4.16. The van der Waals surface area contributed by atoms with Crippen LogP contribution in [0.25, 0.3) is 0 Å². The minimum absolute atomic E-state index is 0.695. The summed E-state index contributed by atoms with van der Waals surface area (Å²) in [7, 11) is 0. The molecule has 2 N–H and O–H groups in total. The Bertz CT molecular complexity index is 216. The van der Waals surface area contributed by atoms with E-state index in [2.05, 4.69) is 15.3 Å². The summed E-state index contributed by atoms with van der Waals surface area (Å²) in [5.41, 5.74) is 0. The summed E-state index contributed by atoms with van der Waals surface area (Å²) in [4.78, 5) is 7.24. The van der Waals surface area contributed by atoms with E-state index in [1.165, 1.54) is 19.4 Å². The third-order valence-corrected chi connectivity index (χ3v) is 3.12. The molecule has 0 aliphatic carbocycles. The van der Waals surface area contributed by atoms with Crippen molar-refractivity contribution in [3.05, 3.63) is 12.4 Å². The summed E-state index contributed by atoms with van der Waals surface area (Å²) >= 11 is 1.80. The van der Waals surface area contributed by atoms with Gasteiger partial charge >= 0.3 is 0 Å². The third kappa shape index (κ3) is 2.01. The molecule has 0 unspecified atom stereocenters. The van der Waals surface area contributed by atoms with E-state index in [0.29, 0.717) is 6.04 Å². The van der Waals surface area contributed by atoms with Gasteiger partial charge in [-0.15, -0.1) is 0 Å². The fourth-order valence-corrected chi connectivity index (χ4v) is 2.34. The van der Waals surface area contributed by atoms with E-state index in [9.17, 15) is 0 Å². The third-order valence-electron chi connectivity index (χ3n) is 2.06. The van der Waals surface area contributed by atoms with E-state index in [0.717, 1.165) is 10.9 Å². The van der Waals surface area contributed by atoms with Gasteiger partial charge < -0.3 is 10.3 Å². The average Bonchev–Trinajstić information content (AvgIpc) is 2.74. The second-order valence-electron chi connectivity index (χ2n) is 3.00. The van der Waals surface area contributed by atoms with Crippen LogP contribution < -0.4 is 5.32 Å². The summed E-state index contributed by atoms with van der Waals surface area (Å²) in [5.74, 6) is 1.13. The molecule has 1 atom stereocenters. The number of hydrogen-bond donors (Lipinski definition) is 2. The van der Waals surface area contributed by atoms with E-state index < -0.39 is 0 Å². The van der Waals surface area contributed by atoms with Gasteiger partial charge in [0.1, 0.15) is 0 Å². The average molecular weight is 183 g/mol. The predicted molar refractivity (Wildman–Crippen MR) is 50.3 cm³/mol. The standard InChI is InChI=1S/C8H13N3S/c1-2-7(9-3-1)6-12-8-10-4-5-11-8/h4-5,7,9H,1-3,6H2,(H,10,11)/t7-/m0/s1. The lowest BCUT2D eigenvalue weighted by atomic mass is 10.3. The van der Waals surface area contributed by atoms with Crippen molar-refractivity contribution in [2.75, 3.05) is 12.3 Å². The van der Waals surface area contributed by atoms with Crippen LogP contribution >= 0.6 is 11.8 Å². The molecule has 0 radical (unpaired) electrons. The van der Waals surface area contributed by atoms with E-state index in [4.69, 9.17) is 0 Å². The topological polar surface area (TPSA) is 40.7 Å². The number of thioether (sulfide) groups is 1. The predicted octanol–water partition coefficient (Wildman–Crippen LogP) is 1.25. The Morgan fingerprint density at radius 3 is 3.33 bits per heavy atom. The Hall–Kier alpha value is -0.480. The second-order valence-corrected chi connectivity index (χ2v) is 4.01. The van der Waals surface area contributed by atoms with E-state index >= 15 is 0 Å². The molecule has 1 aromatic heterocycles. The molecule has 0 saturated carbocycles. The lowest BCUT2D eigenvalue weighted by Crippen LogP contribution is -2.23. The lowest BCUT2D eigenvalue weighted by Gasteiger charge is -2.06. The first kappa shape index (κ1) is 8.13. The van der Waals surface area contributed by atoms with Gasteiger partial charge in [0.25, 0.3) is 0 Å². The summed E-state index contributed by atoms with van der Waals surface area (Å²) in [6.07, 6.45) is 6.30. The van der Waals surface area contributed by atoms with Crippen molar-refractivity contribution < 1.29 is 0 Å². The molecule has 12 heavy (non-hydrogen) atoms. The molecule has 1 aliphatic heterocycles. The van der Waals surface area contributed by atoms with Gasteiger partial charge in [-0.05, 0) is 19.4 Å². The molecule has 0 amide bonds. The summed E-state index contributed by atoms with van der Waals surface area (Å²) < 4.78 is 0. The van der Waals surface area contributed by atoms with Crippen LogP contribution in [0.15, 0.2) is 17.6 Å². The van der Waals surface area contributed by atoms with Crippen molar-refractivity contribution in [2.24, 2.45) is 0 Å². The molecule has 1 aromatic rings. The highest BCUT2D eigenvalue weighted by molar-refractivity contribution is 7.99. The highest BCUT2D eigenvalue weighted by Gasteiger charge is 2.13. The second kappa shape index (κ2) is 3.96. The van der Waals surface area contributed by atoms with Gasteiger partial charge in [-0.1, -0.05) is 11.8 Å². The van der Waals surface area contributed by atoms with Crippen LogP contribution in [0.4, 0.5) is 0 Å². The lowest BCUT2D eigenvalue weighted by molar-refractivity contribution is 0.673. The van der Waals surface area contributed by atoms with Crippen LogP contribution in [0.2, 0.25) is 0 Å². The van der Waals surface area contributed by atoms with Gasteiger partial charge in [0.15, 0.2) is 5.16 Å². The number of rotatable bonds is 3. The number of aromatic amines is 1. The molecular formula is C8H13N3S. The maximum Gasteiger partial charge on any atom is 0.165 e. The molecular weight excluding hydrogens is 170 g/mol. The number of H-pyrrole nitrogens is 1. The van der Waals surface area contributed by atoms with Crippen molar-refractivity contribution in [1.82, 2.24) is 15.3 Å². The van der Waals surface area contributed by atoms with Crippen LogP contribution in [0.3, 0.4) is 0 Å². The summed E-state index contributed by atoms with van der Waals surface area (Å²) in [6, 6.07) is 0.695. The van der Waals surface area contributed by atoms with Crippen LogP contribution in [0.5, 0.6) is 0 Å². The van der Waals surface area contributed by atoms with Gasteiger partial charge in [-0.25, -0.2) is 4.98 Å². The minimum Gasteiger partial charge on any atom is -0.340 e. The molecule has 2 heterocycles. The first-order valence-corrected chi connectivity index (χ1v) is 5.29. The molecule has 0 bridgehead atoms. The zero-order valence-corrected chi connectivity index (χ0v) is 7.73. The number of hydrogen-bond acceptors (Lipinski definition) is 3. The molecule has 1 fully saturated rings. The molecule has 0 aromatic carbocycles. The van der Waals surface area contributed by atoms with Crippen molar-refractivity contribution in [3.63, 3.8) is 0 Å². The molecule has 1 saturated heterocycles. The largest absolute Gasteiger partial charge is 0.340 e. The minimum atomic E-state index is 0.695. The number of nitrogens with one attached hydrogen (secondary N) is 2. The van der Waals surface area contributed by atoms with Gasteiger partial charge in [-0.2, -0.15) is 0 Å². The number of aromatic nitrogens is 2. The highest BCUT2D eigenvalue weighted by atomic mass is 32.2. The Morgan fingerprint density at radius 2 is 2.67 bits per heavy atom. The monoisotopic (exact) mass is 183 g/mol. The van der Waals surface area contributed by atoms with Crippen molar-refractivity contribution in [1.29, 1.82) is 0 Å². The first-order chi connectivity index (χ1) is 5.95. The molecule has 0 spiro atoms. The van der Waals surface area contributed by atoms with Crippen LogP contribution in [0.1, 0.15) is 12.8 Å². The number of imidazole rings is 1. The Morgan fingerprint density at radius 1 is 1.67 bits per heavy atom. The summed E-state index contributed by atoms with van der Waals surface area (Å²) in [6.45, 7) is 1.18. The molecule has 1 aliphatic rings. The quantitative estimate of drug-likeness (QED) is 0.693. The van der Waals surface area contributed by atoms with Gasteiger partial charge in [0.05, 0.1) is 0 Å². The molecule has 3 nitrogen and oxygen atoms in total. The Balaban J connectivity index is 1.74. The van der Waals surface area contributed by atoms with Gasteiger partial charge in [0, 0.05) is 24.2 Å². The molecule has 2 rings (SSSR count). The molecule has 4 heteroatoms. The summed E-state index contributed by atoms with van der Waals surface area (Å²) in [5, 5.41) is 4.49. The van der Waals surface area contributed by atoms with E-state index in [-0.39, 0.29) is 0 Å². The maximum atomic E-state index is 4.16. The Kier molecular flexibility index (Phi) is 2.68. The van der Waals surface area contributed by atoms with Gasteiger partial charge in [-0.3, -0.25) is 0 Å². The zero-order valence-electron chi connectivity index (χ0n) is 6.92. The smallest absolute Gasteiger partial charge is 0.165 e. The SMILES string of the molecule is c1c[nH]c(SC[C@@H]2CCCN2)n1. The van der Waals surface area contributed by atoms with Crippen molar-refractivity contribution in [3.8, 4) is 0 Å². The fourth-order valence-electron chi connectivity index (χ4n) is 1.41. The van der Waals surface area contributed by atoms with E-state index in [1.54, 1.807) is 18.0 Å². The normalized spacial score (nSPS) is 23.2. The van der Waals surface area contributed by atoms with Crippen LogP contribution in [-0.2, 0) is 0 Å². The first-order valence-electron chi connectivity index (χ1n) is 4.31. The van der Waals surface area contributed by atoms with Crippen molar-refractivity contribution >= 4 is 11.8 Å². The van der Waals surface area contributed by atoms with Crippen LogP contribution in [0, 0.1) is 0 Å². The van der Waals surface area contributed by atoms with Gasteiger partial charge in [0.2, 0.25) is 0 Å². The highest BCUT2D eigenvalue weighted by Crippen LogP contribution is 2.16. The molecule has 66 valence electrons. The van der Waals surface area contributed by atoms with Crippen molar-refractivity contribution in [2.45, 2.75) is 24.0 Å². The van der Waals surface area contributed by atoms with E-state index in [1.807, 2.05) is 6.20 Å². The van der Waals surface area contributed by atoms with Crippen LogP contribution in [-0.4, -0.2) is 28.3 Å². The fraction of sp³-hybridized carbons (Fsp3) is 0.625. The zero-order chi connectivity index (χ0) is 8.23. The Labute approximate surface area is 76.4 Å². The number of nitrogens with zero attached hydrogens (tertiary/aromatic N) is 1.